The van der Waals surface area contributed by atoms with Crippen LogP contribution in [-0.4, -0.2) is 36.0 Å². The molecule has 108 valence electrons. The summed E-state index contributed by atoms with van der Waals surface area (Å²) >= 11 is 0. The van der Waals surface area contributed by atoms with Gasteiger partial charge in [-0.2, -0.15) is 0 Å². The van der Waals surface area contributed by atoms with Crippen molar-refractivity contribution in [3.8, 4) is 0 Å². The number of benzene rings is 1. The minimum atomic E-state index is -0.00241. The molecule has 2 saturated heterocycles. The number of piperazine rings is 1. The molecule has 1 aromatic carbocycles. The first-order chi connectivity index (χ1) is 9.68. The molecule has 0 spiro atoms. The molecule has 3 unspecified atom stereocenters. The van der Waals surface area contributed by atoms with E-state index >= 15 is 0 Å². The van der Waals surface area contributed by atoms with E-state index in [-0.39, 0.29) is 5.92 Å². The number of amides is 1. The molecule has 0 aromatic heterocycles. The quantitative estimate of drug-likeness (QED) is 0.916. The highest BCUT2D eigenvalue weighted by Gasteiger charge is 2.42. The Morgan fingerprint density at radius 2 is 1.75 bits per heavy atom. The lowest BCUT2D eigenvalue weighted by molar-refractivity contribution is -0.137. The van der Waals surface area contributed by atoms with Crippen molar-refractivity contribution in [3.63, 3.8) is 0 Å². The molecule has 1 aromatic rings. The van der Waals surface area contributed by atoms with Crippen molar-refractivity contribution in [1.29, 1.82) is 0 Å². The van der Waals surface area contributed by atoms with E-state index in [9.17, 15) is 4.79 Å². The van der Waals surface area contributed by atoms with Gasteiger partial charge in [-0.1, -0.05) is 44.2 Å². The van der Waals surface area contributed by atoms with Gasteiger partial charge in [-0.3, -0.25) is 4.79 Å². The lowest BCUT2D eigenvalue weighted by Crippen LogP contribution is -2.55. The molecule has 2 aliphatic heterocycles. The summed E-state index contributed by atoms with van der Waals surface area (Å²) in [6, 6.07) is 11.1. The number of carbonyl (C=O) groups excluding carboxylic acids is 1. The van der Waals surface area contributed by atoms with E-state index in [1.165, 1.54) is 0 Å². The van der Waals surface area contributed by atoms with Crippen LogP contribution in [0.2, 0.25) is 0 Å². The number of hydrogen-bond donors (Lipinski definition) is 1. The van der Waals surface area contributed by atoms with Crippen LogP contribution in [0.4, 0.5) is 0 Å². The fourth-order valence-corrected chi connectivity index (χ4v) is 3.77. The summed E-state index contributed by atoms with van der Waals surface area (Å²) in [5.74, 6) is 0.664. The first kappa shape index (κ1) is 13.6. The minimum Gasteiger partial charge on any atom is -0.334 e. The molecule has 2 aliphatic rings. The molecule has 2 heterocycles. The Kier molecular flexibility index (Phi) is 3.79. The number of rotatable bonds is 3. The Morgan fingerprint density at radius 3 is 2.30 bits per heavy atom. The second kappa shape index (κ2) is 5.57. The fraction of sp³-hybridized carbons (Fsp3) is 0.588. The number of carbonyl (C=O) groups is 1. The third kappa shape index (κ3) is 2.35. The molecule has 3 nitrogen and oxygen atoms in total. The molecule has 1 amide bonds. The van der Waals surface area contributed by atoms with Crippen molar-refractivity contribution < 1.29 is 4.79 Å². The third-order valence-corrected chi connectivity index (χ3v) is 4.73. The van der Waals surface area contributed by atoms with Crippen LogP contribution < -0.4 is 5.32 Å². The molecular weight excluding hydrogens is 248 g/mol. The van der Waals surface area contributed by atoms with E-state index in [0.29, 0.717) is 23.9 Å². The average molecular weight is 272 g/mol. The molecule has 2 fully saturated rings. The van der Waals surface area contributed by atoms with Crippen molar-refractivity contribution in [3.05, 3.63) is 35.9 Å². The predicted molar refractivity (Wildman–Crippen MR) is 80.5 cm³/mol. The highest BCUT2D eigenvalue weighted by molar-refractivity contribution is 5.85. The van der Waals surface area contributed by atoms with Gasteiger partial charge in [0, 0.05) is 25.2 Å². The lowest BCUT2D eigenvalue weighted by atomic mass is 9.86. The summed E-state index contributed by atoms with van der Waals surface area (Å²) in [5.41, 5.74) is 1.16. The first-order valence-electron chi connectivity index (χ1n) is 7.76. The molecule has 20 heavy (non-hydrogen) atoms. The van der Waals surface area contributed by atoms with Crippen LogP contribution in [0.15, 0.2) is 30.3 Å². The molecule has 0 radical (unpaired) electrons. The Labute approximate surface area is 121 Å². The van der Waals surface area contributed by atoms with Gasteiger partial charge >= 0.3 is 0 Å². The molecule has 2 bridgehead atoms. The van der Waals surface area contributed by atoms with Gasteiger partial charge in [0.25, 0.3) is 0 Å². The number of fused-ring (bicyclic) bond motifs is 2. The van der Waals surface area contributed by atoms with E-state index in [1.54, 1.807) is 0 Å². The smallest absolute Gasteiger partial charge is 0.230 e. The molecule has 3 rings (SSSR count). The highest BCUT2D eigenvalue weighted by Crippen LogP contribution is 2.33. The summed E-state index contributed by atoms with van der Waals surface area (Å²) in [6.07, 6.45) is 2.31. The zero-order chi connectivity index (χ0) is 14.1. The van der Waals surface area contributed by atoms with Crippen LogP contribution in [0.3, 0.4) is 0 Å². The van der Waals surface area contributed by atoms with E-state index < -0.39 is 0 Å². The summed E-state index contributed by atoms with van der Waals surface area (Å²) in [5, 5.41) is 3.45. The monoisotopic (exact) mass is 272 g/mol. The second-order valence-corrected chi connectivity index (χ2v) is 6.42. The Bertz CT molecular complexity index is 455. The van der Waals surface area contributed by atoms with Crippen LogP contribution in [-0.2, 0) is 4.79 Å². The zero-order valence-corrected chi connectivity index (χ0v) is 12.4. The molecule has 0 saturated carbocycles. The second-order valence-electron chi connectivity index (χ2n) is 6.42. The lowest BCUT2D eigenvalue weighted by Gasteiger charge is -2.38. The van der Waals surface area contributed by atoms with Crippen molar-refractivity contribution >= 4 is 5.91 Å². The van der Waals surface area contributed by atoms with E-state index in [1.807, 2.05) is 18.2 Å². The topological polar surface area (TPSA) is 32.3 Å². The molecule has 0 aliphatic carbocycles. The number of hydrogen-bond acceptors (Lipinski definition) is 2. The van der Waals surface area contributed by atoms with Gasteiger partial charge in [0.2, 0.25) is 5.91 Å². The minimum absolute atomic E-state index is 0.00241. The summed E-state index contributed by atoms with van der Waals surface area (Å²) in [4.78, 5) is 15.3. The van der Waals surface area contributed by atoms with E-state index in [0.717, 1.165) is 31.5 Å². The van der Waals surface area contributed by atoms with Gasteiger partial charge in [0.15, 0.2) is 0 Å². The van der Waals surface area contributed by atoms with Gasteiger partial charge in [0.1, 0.15) is 0 Å². The molecular formula is C17H24N2O. The van der Waals surface area contributed by atoms with Gasteiger partial charge < -0.3 is 10.2 Å². The normalized spacial score (nSPS) is 26.9. The van der Waals surface area contributed by atoms with Crippen molar-refractivity contribution in [2.75, 3.05) is 13.1 Å². The van der Waals surface area contributed by atoms with Crippen molar-refractivity contribution in [2.24, 2.45) is 5.92 Å². The van der Waals surface area contributed by atoms with Crippen molar-refractivity contribution in [1.82, 2.24) is 10.2 Å². The van der Waals surface area contributed by atoms with Crippen molar-refractivity contribution in [2.45, 2.75) is 44.7 Å². The molecule has 1 N–H and O–H groups in total. The number of nitrogens with one attached hydrogen (secondary N) is 1. The van der Waals surface area contributed by atoms with E-state index in [2.05, 4.69) is 36.2 Å². The average Bonchev–Trinajstić information content (AvgIpc) is 2.69. The summed E-state index contributed by atoms with van der Waals surface area (Å²) in [6.45, 7) is 6.23. The first-order valence-corrected chi connectivity index (χ1v) is 7.76. The van der Waals surface area contributed by atoms with Gasteiger partial charge in [-0.05, 0) is 24.3 Å². The Balaban J connectivity index is 1.87. The summed E-state index contributed by atoms with van der Waals surface area (Å²) in [7, 11) is 0. The fourth-order valence-electron chi connectivity index (χ4n) is 3.77. The van der Waals surface area contributed by atoms with Crippen LogP contribution >= 0.6 is 0 Å². The predicted octanol–water partition coefficient (Wildman–Crippen LogP) is 2.39. The van der Waals surface area contributed by atoms with Gasteiger partial charge in [0.05, 0.1) is 5.92 Å². The van der Waals surface area contributed by atoms with Crippen LogP contribution in [0.5, 0.6) is 0 Å². The van der Waals surface area contributed by atoms with Crippen LogP contribution in [0.1, 0.15) is 38.2 Å². The maximum Gasteiger partial charge on any atom is 0.230 e. The Hall–Kier alpha value is -1.35. The zero-order valence-electron chi connectivity index (χ0n) is 12.4. The van der Waals surface area contributed by atoms with Crippen LogP contribution in [0, 0.1) is 5.92 Å². The Morgan fingerprint density at radius 1 is 1.15 bits per heavy atom. The number of nitrogens with zero attached hydrogens (tertiary/aromatic N) is 1. The summed E-state index contributed by atoms with van der Waals surface area (Å²) < 4.78 is 0. The SMILES string of the molecule is CC(C)C(C(=O)N1C2CCC1CNC2)c1ccccc1. The largest absolute Gasteiger partial charge is 0.334 e. The third-order valence-electron chi connectivity index (χ3n) is 4.73. The van der Waals surface area contributed by atoms with Crippen LogP contribution in [0.25, 0.3) is 0 Å². The maximum absolute atomic E-state index is 13.1. The standard InChI is InChI=1S/C17H24N2O/c1-12(2)16(13-6-4-3-5-7-13)17(20)19-14-8-9-15(19)11-18-10-14/h3-7,12,14-16,18H,8-11H2,1-2H3. The highest BCUT2D eigenvalue weighted by atomic mass is 16.2. The van der Waals surface area contributed by atoms with Gasteiger partial charge in [-0.25, -0.2) is 0 Å². The maximum atomic E-state index is 13.1. The van der Waals surface area contributed by atoms with E-state index in [4.69, 9.17) is 0 Å². The van der Waals surface area contributed by atoms with Gasteiger partial charge in [-0.15, -0.1) is 0 Å². The molecule has 3 heteroatoms. The molecule has 3 atom stereocenters.